The first kappa shape index (κ1) is 17.1. The first-order valence-electron chi connectivity index (χ1n) is 6.90. The van der Waals surface area contributed by atoms with E-state index in [9.17, 15) is 4.79 Å². The predicted molar refractivity (Wildman–Crippen MR) is 90.3 cm³/mol. The lowest BCUT2D eigenvalue weighted by Crippen LogP contribution is -2.35. The van der Waals surface area contributed by atoms with Crippen molar-refractivity contribution in [2.75, 3.05) is 14.2 Å². The van der Waals surface area contributed by atoms with Crippen molar-refractivity contribution in [2.45, 2.75) is 13.1 Å². The van der Waals surface area contributed by atoms with Gasteiger partial charge in [-0.1, -0.05) is 6.07 Å². The Kier molecular flexibility index (Phi) is 5.81. The first-order chi connectivity index (χ1) is 11.0. The minimum absolute atomic E-state index is 0.309. The average Bonchev–Trinajstić information content (AvgIpc) is 2.54. The highest BCUT2D eigenvalue weighted by Crippen LogP contribution is 2.26. The van der Waals surface area contributed by atoms with Gasteiger partial charge >= 0.3 is 6.03 Å². The molecule has 2 rings (SSSR count). The Balaban J connectivity index is 2.21. The molecule has 0 fully saturated rings. The lowest BCUT2D eigenvalue weighted by Gasteiger charge is -2.21. The molecular weight excluding hydrogens is 362 g/mol. The quantitative estimate of drug-likeness (QED) is 0.782. The zero-order chi connectivity index (χ0) is 16.8. The van der Waals surface area contributed by atoms with Gasteiger partial charge in [0.25, 0.3) is 0 Å². The molecule has 0 saturated carbocycles. The van der Waals surface area contributed by atoms with E-state index >= 15 is 0 Å². The minimum Gasteiger partial charge on any atom is -0.497 e. The van der Waals surface area contributed by atoms with Gasteiger partial charge in [-0.05, 0) is 40.2 Å². The van der Waals surface area contributed by atoms with Crippen LogP contribution >= 0.6 is 15.9 Å². The van der Waals surface area contributed by atoms with Gasteiger partial charge in [-0.3, -0.25) is 0 Å². The van der Waals surface area contributed by atoms with Crippen LogP contribution < -0.4 is 15.2 Å². The fourth-order valence-corrected chi connectivity index (χ4v) is 2.51. The number of primary amides is 1. The third kappa shape index (κ3) is 4.59. The maximum absolute atomic E-state index is 11.8. The number of hydrogen-bond donors (Lipinski definition) is 1. The second kappa shape index (κ2) is 7.82. The molecular formula is C16H18BrN3O3. The third-order valence-corrected chi connectivity index (χ3v) is 3.73. The van der Waals surface area contributed by atoms with Crippen LogP contribution in [0.15, 0.2) is 41.0 Å². The monoisotopic (exact) mass is 379 g/mol. The van der Waals surface area contributed by atoms with E-state index in [0.717, 1.165) is 11.3 Å². The molecule has 0 saturated heterocycles. The summed E-state index contributed by atoms with van der Waals surface area (Å²) in [5.41, 5.74) is 7.08. The van der Waals surface area contributed by atoms with Gasteiger partial charge in [-0.15, -0.1) is 0 Å². The molecule has 2 aromatic rings. The van der Waals surface area contributed by atoms with Gasteiger partial charge in [0.1, 0.15) is 16.1 Å². The number of amides is 2. The van der Waals surface area contributed by atoms with Crippen LogP contribution in [0, 0.1) is 0 Å². The van der Waals surface area contributed by atoms with Gasteiger partial charge in [0, 0.05) is 11.6 Å². The van der Waals surface area contributed by atoms with Crippen molar-refractivity contribution in [3.05, 3.63) is 52.3 Å². The number of benzene rings is 1. The molecule has 0 bridgehead atoms. The molecule has 1 aromatic heterocycles. The highest BCUT2D eigenvalue weighted by molar-refractivity contribution is 9.10. The van der Waals surface area contributed by atoms with Crippen molar-refractivity contribution in [3.8, 4) is 11.5 Å². The molecule has 1 aromatic carbocycles. The Hall–Kier alpha value is -2.28. The minimum atomic E-state index is -0.523. The van der Waals surface area contributed by atoms with Gasteiger partial charge in [-0.25, -0.2) is 9.78 Å². The van der Waals surface area contributed by atoms with Crippen molar-refractivity contribution < 1.29 is 14.3 Å². The fraction of sp³-hybridized carbons (Fsp3) is 0.250. The fourth-order valence-electron chi connectivity index (χ4n) is 2.13. The maximum atomic E-state index is 11.8. The Bertz CT molecular complexity index is 694. The number of rotatable bonds is 6. The number of carbonyl (C=O) groups is 1. The number of nitrogens with zero attached hydrogens (tertiary/aromatic N) is 2. The predicted octanol–water partition coefficient (Wildman–Crippen LogP) is 2.94. The van der Waals surface area contributed by atoms with Gasteiger partial charge < -0.3 is 20.1 Å². The Morgan fingerprint density at radius 3 is 2.61 bits per heavy atom. The zero-order valence-electron chi connectivity index (χ0n) is 13.0. The number of halogens is 1. The average molecular weight is 380 g/mol. The van der Waals surface area contributed by atoms with E-state index in [4.69, 9.17) is 15.2 Å². The lowest BCUT2D eigenvalue weighted by molar-refractivity contribution is 0.200. The normalized spacial score (nSPS) is 10.2. The second-order valence-electron chi connectivity index (χ2n) is 4.82. The van der Waals surface area contributed by atoms with E-state index in [2.05, 4.69) is 20.9 Å². The van der Waals surface area contributed by atoms with E-state index in [-0.39, 0.29) is 0 Å². The van der Waals surface area contributed by atoms with E-state index < -0.39 is 6.03 Å². The molecule has 7 heteroatoms. The van der Waals surface area contributed by atoms with Crippen LogP contribution in [0.3, 0.4) is 0 Å². The van der Waals surface area contributed by atoms with Crippen molar-refractivity contribution >= 4 is 22.0 Å². The van der Waals surface area contributed by atoms with Crippen LogP contribution in [0.5, 0.6) is 11.5 Å². The summed E-state index contributed by atoms with van der Waals surface area (Å²) in [5, 5.41) is 0. The maximum Gasteiger partial charge on any atom is 0.315 e. The second-order valence-corrected chi connectivity index (χ2v) is 5.64. The number of ether oxygens (including phenoxy) is 2. The summed E-state index contributed by atoms with van der Waals surface area (Å²) in [4.78, 5) is 17.6. The molecule has 0 atom stereocenters. The zero-order valence-corrected chi connectivity index (χ0v) is 14.5. The van der Waals surface area contributed by atoms with Crippen molar-refractivity contribution in [2.24, 2.45) is 5.73 Å². The number of hydrogen-bond acceptors (Lipinski definition) is 4. The third-order valence-electron chi connectivity index (χ3n) is 3.29. The molecule has 23 heavy (non-hydrogen) atoms. The molecule has 0 spiro atoms. The molecule has 6 nitrogen and oxygen atoms in total. The Labute approximate surface area is 143 Å². The number of urea groups is 1. The summed E-state index contributed by atoms with van der Waals surface area (Å²) in [6.07, 6.45) is 0. The van der Waals surface area contributed by atoms with Crippen LogP contribution in [0.1, 0.15) is 11.3 Å². The number of carbonyl (C=O) groups excluding carboxylic acids is 1. The largest absolute Gasteiger partial charge is 0.497 e. The smallest absolute Gasteiger partial charge is 0.315 e. The lowest BCUT2D eigenvalue weighted by atomic mass is 10.1. The number of methoxy groups -OCH3 is 2. The molecule has 0 aliphatic heterocycles. The van der Waals surface area contributed by atoms with Gasteiger partial charge in [-0.2, -0.15) is 0 Å². The van der Waals surface area contributed by atoms with Crippen LogP contribution in [-0.4, -0.2) is 30.1 Å². The number of nitrogens with two attached hydrogens (primary N) is 1. The van der Waals surface area contributed by atoms with E-state index in [1.165, 1.54) is 4.90 Å². The summed E-state index contributed by atoms with van der Waals surface area (Å²) < 4.78 is 11.2. The van der Waals surface area contributed by atoms with E-state index in [1.807, 2.05) is 30.3 Å². The van der Waals surface area contributed by atoms with Crippen LogP contribution in [0.25, 0.3) is 0 Å². The number of pyridine rings is 1. The summed E-state index contributed by atoms with van der Waals surface area (Å²) in [5.74, 6) is 1.32. The molecule has 2 N–H and O–H groups in total. The van der Waals surface area contributed by atoms with Gasteiger partial charge in [0.2, 0.25) is 0 Å². The highest BCUT2D eigenvalue weighted by Gasteiger charge is 2.15. The topological polar surface area (TPSA) is 77.7 Å². The van der Waals surface area contributed by atoms with Crippen LogP contribution in [0.2, 0.25) is 0 Å². The van der Waals surface area contributed by atoms with Crippen LogP contribution in [0.4, 0.5) is 4.79 Å². The molecule has 2 amide bonds. The summed E-state index contributed by atoms with van der Waals surface area (Å²) in [7, 11) is 3.16. The van der Waals surface area contributed by atoms with E-state index in [0.29, 0.717) is 29.2 Å². The molecule has 0 aliphatic rings. The van der Waals surface area contributed by atoms with Crippen molar-refractivity contribution in [1.29, 1.82) is 0 Å². The highest BCUT2D eigenvalue weighted by atomic mass is 79.9. The van der Waals surface area contributed by atoms with Gasteiger partial charge in [0.15, 0.2) is 0 Å². The Morgan fingerprint density at radius 1 is 1.22 bits per heavy atom. The molecule has 0 unspecified atom stereocenters. The SMILES string of the molecule is COc1ccc(CN(Cc2cccc(Br)n2)C(N)=O)c(OC)c1. The summed E-state index contributed by atoms with van der Waals surface area (Å²) in [6, 6.07) is 10.4. The standard InChI is InChI=1S/C16H18BrN3O3/c1-22-13-7-6-11(14(8-13)23-2)9-20(16(18)21)10-12-4-3-5-15(17)19-12/h3-8H,9-10H2,1-2H3,(H2,18,21). The molecule has 1 heterocycles. The molecule has 122 valence electrons. The summed E-state index contributed by atoms with van der Waals surface area (Å²) in [6.45, 7) is 0.626. The van der Waals surface area contributed by atoms with Gasteiger partial charge in [0.05, 0.1) is 33.0 Å². The van der Waals surface area contributed by atoms with E-state index in [1.54, 1.807) is 20.3 Å². The molecule has 0 radical (unpaired) electrons. The van der Waals surface area contributed by atoms with Crippen molar-refractivity contribution in [1.82, 2.24) is 9.88 Å². The van der Waals surface area contributed by atoms with Crippen molar-refractivity contribution in [3.63, 3.8) is 0 Å². The first-order valence-corrected chi connectivity index (χ1v) is 7.69. The Morgan fingerprint density at radius 2 is 2.00 bits per heavy atom. The summed E-state index contributed by atoms with van der Waals surface area (Å²) >= 11 is 3.31. The molecule has 0 aliphatic carbocycles. The van der Waals surface area contributed by atoms with Crippen LogP contribution in [-0.2, 0) is 13.1 Å². The number of aromatic nitrogens is 1.